The van der Waals surface area contributed by atoms with Gasteiger partial charge in [-0.1, -0.05) is 12.8 Å². The summed E-state index contributed by atoms with van der Waals surface area (Å²) in [7, 11) is 1.89. The highest BCUT2D eigenvalue weighted by molar-refractivity contribution is 5.86. The van der Waals surface area contributed by atoms with E-state index in [0.29, 0.717) is 0 Å². The number of aliphatic hydroxyl groups is 1. The molecule has 1 aromatic heterocycles. The summed E-state index contributed by atoms with van der Waals surface area (Å²) in [5.74, 6) is -1.03. The van der Waals surface area contributed by atoms with E-state index in [0.717, 1.165) is 31.4 Å². The van der Waals surface area contributed by atoms with Crippen molar-refractivity contribution in [3.63, 3.8) is 0 Å². The number of likely N-dealkylation sites (N-methyl/N-ethyl adjacent to an activating group) is 1. The predicted octanol–water partition coefficient (Wildman–Crippen LogP) is 1.52. The Morgan fingerprint density at radius 1 is 1.44 bits per heavy atom. The van der Waals surface area contributed by atoms with Crippen LogP contribution in [0.3, 0.4) is 0 Å². The van der Waals surface area contributed by atoms with E-state index in [9.17, 15) is 9.90 Å². The van der Waals surface area contributed by atoms with Gasteiger partial charge in [0.2, 0.25) is 0 Å². The summed E-state index contributed by atoms with van der Waals surface area (Å²) in [5, 5.41) is 18.9. The van der Waals surface area contributed by atoms with Crippen LogP contribution < -0.4 is 4.90 Å². The van der Waals surface area contributed by atoms with Gasteiger partial charge in [-0.15, -0.1) is 0 Å². The molecular weight excluding hydrogens is 232 g/mol. The van der Waals surface area contributed by atoms with Gasteiger partial charge in [-0.05, 0) is 25.0 Å². The maximum absolute atomic E-state index is 10.9. The van der Waals surface area contributed by atoms with E-state index in [2.05, 4.69) is 4.98 Å². The van der Waals surface area contributed by atoms with E-state index in [1.54, 1.807) is 12.1 Å². The smallest absolute Gasteiger partial charge is 0.354 e. The van der Waals surface area contributed by atoms with Crippen molar-refractivity contribution in [2.24, 2.45) is 0 Å². The van der Waals surface area contributed by atoms with Crippen molar-refractivity contribution in [2.45, 2.75) is 37.8 Å². The summed E-state index contributed by atoms with van der Waals surface area (Å²) in [6.07, 6.45) is 5.05. The zero-order valence-corrected chi connectivity index (χ0v) is 10.4. The molecule has 2 rings (SSSR count). The minimum absolute atomic E-state index is 0.0321. The lowest BCUT2D eigenvalue weighted by Crippen LogP contribution is -2.43. The molecule has 1 aliphatic carbocycles. The summed E-state index contributed by atoms with van der Waals surface area (Å²) < 4.78 is 0. The highest BCUT2D eigenvalue weighted by Crippen LogP contribution is 2.26. The van der Waals surface area contributed by atoms with Crippen LogP contribution in [0, 0.1) is 0 Å². The zero-order valence-electron chi connectivity index (χ0n) is 10.4. The first-order valence-corrected chi connectivity index (χ1v) is 6.20. The number of hydrogen-bond donors (Lipinski definition) is 2. The normalized spacial score (nSPS) is 23.7. The molecule has 0 saturated heterocycles. The van der Waals surface area contributed by atoms with Crippen molar-refractivity contribution in [2.75, 3.05) is 11.9 Å². The second-order valence-corrected chi connectivity index (χ2v) is 4.73. The molecule has 2 atom stereocenters. The summed E-state index contributed by atoms with van der Waals surface area (Å²) in [6.45, 7) is 0. The van der Waals surface area contributed by atoms with Crippen LogP contribution in [0.15, 0.2) is 18.3 Å². The quantitative estimate of drug-likeness (QED) is 0.850. The first-order valence-electron chi connectivity index (χ1n) is 6.20. The fourth-order valence-corrected chi connectivity index (χ4v) is 2.49. The number of carboxylic acid groups (broad SMARTS) is 1. The third kappa shape index (κ3) is 2.61. The fraction of sp³-hybridized carbons (Fsp3) is 0.538. The number of aromatic carboxylic acids is 1. The van der Waals surface area contributed by atoms with E-state index >= 15 is 0 Å². The molecule has 0 aromatic carbocycles. The molecule has 5 nitrogen and oxygen atoms in total. The van der Waals surface area contributed by atoms with Crippen molar-refractivity contribution in [1.82, 2.24) is 4.98 Å². The predicted molar refractivity (Wildman–Crippen MR) is 67.9 cm³/mol. The number of aliphatic hydroxyl groups excluding tert-OH is 1. The van der Waals surface area contributed by atoms with Crippen molar-refractivity contribution in [3.8, 4) is 0 Å². The maximum atomic E-state index is 10.9. The molecular formula is C13H18N2O3. The molecule has 0 amide bonds. The highest BCUT2D eigenvalue weighted by Gasteiger charge is 2.27. The van der Waals surface area contributed by atoms with Crippen LogP contribution in [0.25, 0.3) is 0 Å². The van der Waals surface area contributed by atoms with Gasteiger partial charge in [-0.2, -0.15) is 0 Å². The molecule has 2 unspecified atom stereocenters. The summed E-state index contributed by atoms with van der Waals surface area (Å²) in [6, 6.07) is 3.38. The van der Waals surface area contributed by atoms with E-state index < -0.39 is 5.97 Å². The Kier molecular flexibility index (Phi) is 3.81. The minimum Gasteiger partial charge on any atom is -0.477 e. The number of aromatic nitrogens is 1. The fourth-order valence-electron chi connectivity index (χ4n) is 2.49. The molecule has 0 radical (unpaired) electrons. The first-order chi connectivity index (χ1) is 8.59. The summed E-state index contributed by atoms with van der Waals surface area (Å²) in [4.78, 5) is 16.6. The molecule has 1 fully saturated rings. The molecule has 1 heterocycles. The Morgan fingerprint density at radius 3 is 2.83 bits per heavy atom. The SMILES string of the molecule is CN(c1ccnc(C(=O)O)c1)C1CCCCC1O. The second-order valence-electron chi connectivity index (χ2n) is 4.73. The molecule has 1 saturated carbocycles. The number of carbonyl (C=O) groups is 1. The van der Waals surface area contributed by atoms with Gasteiger partial charge >= 0.3 is 5.97 Å². The van der Waals surface area contributed by atoms with Gasteiger partial charge < -0.3 is 15.1 Å². The van der Waals surface area contributed by atoms with Gasteiger partial charge in [0.25, 0.3) is 0 Å². The van der Waals surface area contributed by atoms with Crippen LogP contribution in [0.5, 0.6) is 0 Å². The van der Waals surface area contributed by atoms with Crippen molar-refractivity contribution >= 4 is 11.7 Å². The average Bonchev–Trinajstić information content (AvgIpc) is 2.38. The number of carboxylic acids is 1. The monoisotopic (exact) mass is 250 g/mol. The van der Waals surface area contributed by atoms with E-state index in [-0.39, 0.29) is 17.8 Å². The largest absolute Gasteiger partial charge is 0.477 e. The Morgan fingerprint density at radius 2 is 2.17 bits per heavy atom. The third-order valence-electron chi connectivity index (χ3n) is 3.56. The van der Waals surface area contributed by atoms with Crippen LogP contribution >= 0.6 is 0 Å². The maximum Gasteiger partial charge on any atom is 0.354 e. The Hall–Kier alpha value is -1.62. The molecule has 18 heavy (non-hydrogen) atoms. The molecule has 0 bridgehead atoms. The number of pyridine rings is 1. The van der Waals surface area contributed by atoms with Gasteiger partial charge in [-0.3, -0.25) is 0 Å². The lowest BCUT2D eigenvalue weighted by atomic mass is 9.91. The van der Waals surface area contributed by atoms with Crippen LogP contribution in [-0.4, -0.2) is 40.4 Å². The van der Waals surface area contributed by atoms with Gasteiger partial charge in [0.1, 0.15) is 5.69 Å². The number of rotatable bonds is 3. The molecule has 0 aliphatic heterocycles. The van der Waals surface area contributed by atoms with E-state index in [1.807, 2.05) is 11.9 Å². The molecule has 98 valence electrons. The van der Waals surface area contributed by atoms with Crippen molar-refractivity contribution < 1.29 is 15.0 Å². The number of nitrogens with zero attached hydrogens (tertiary/aromatic N) is 2. The van der Waals surface area contributed by atoms with E-state index in [4.69, 9.17) is 5.11 Å². The second kappa shape index (κ2) is 5.35. The average molecular weight is 250 g/mol. The Bertz CT molecular complexity index is 436. The van der Waals surface area contributed by atoms with Crippen LogP contribution in [0.1, 0.15) is 36.2 Å². The van der Waals surface area contributed by atoms with Gasteiger partial charge in [0.05, 0.1) is 12.1 Å². The Labute approximate surface area is 106 Å². The zero-order chi connectivity index (χ0) is 13.1. The number of anilines is 1. The lowest BCUT2D eigenvalue weighted by molar-refractivity contribution is 0.0690. The van der Waals surface area contributed by atoms with Gasteiger partial charge in [0, 0.05) is 18.9 Å². The van der Waals surface area contributed by atoms with E-state index in [1.165, 1.54) is 6.20 Å². The Balaban J connectivity index is 2.19. The van der Waals surface area contributed by atoms with Crippen LogP contribution in [0.2, 0.25) is 0 Å². The topological polar surface area (TPSA) is 73.7 Å². The number of hydrogen-bond acceptors (Lipinski definition) is 4. The molecule has 5 heteroatoms. The van der Waals surface area contributed by atoms with Gasteiger partial charge in [0.15, 0.2) is 0 Å². The molecule has 1 aliphatic rings. The van der Waals surface area contributed by atoms with Crippen LogP contribution in [-0.2, 0) is 0 Å². The summed E-state index contributed by atoms with van der Waals surface area (Å²) >= 11 is 0. The first kappa shape index (κ1) is 12.8. The standard InChI is InChI=1S/C13H18N2O3/c1-15(11-4-2-3-5-12(11)16)9-6-7-14-10(8-9)13(17)18/h6-8,11-12,16H,2-5H2,1H3,(H,17,18). The highest BCUT2D eigenvalue weighted by atomic mass is 16.4. The van der Waals surface area contributed by atoms with Crippen molar-refractivity contribution in [3.05, 3.63) is 24.0 Å². The lowest BCUT2D eigenvalue weighted by Gasteiger charge is -2.36. The summed E-state index contributed by atoms with van der Waals surface area (Å²) in [5.41, 5.74) is 0.818. The molecule has 0 spiro atoms. The molecule has 2 N–H and O–H groups in total. The minimum atomic E-state index is -1.03. The van der Waals surface area contributed by atoms with Crippen molar-refractivity contribution in [1.29, 1.82) is 0 Å². The van der Waals surface area contributed by atoms with Gasteiger partial charge in [-0.25, -0.2) is 9.78 Å². The third-order valence-corrected chi connectivity index (χ3v) is 3.56. The molecule has 1 aromatic rings. The van der Waals surface area contributed by atoms with Crippen LogP contribution in [0.4, 0.5) is 5.69 Å².